The van der Waals surface area contributed by atoms with Crippen molar-refractivity contribution in [1.82, 2.24) is 9.55 Å². The van der Waals surface area contributed by atoms with Crippen LogP contribution in [-0.2, 0) is 6.42 Å². The van der Waals surface area contributed by atoms with Gasteiger partial charge in [0.2, 0.25) is 0 Å². The summed E-state index contributed by atoms with van der Waals surface area (Å²) < 4.78 is 7.47. The molecule has 4 heteroatoms. The van der Waals surface area contributed by atoms with Gasteiger partial charge in [-0.05, 0) is 36.4 Å². The lowest BCUT2D eigenvalue weighted by atomic mass is 10.1. The Balaban J connectivity index is 1.93. The summed E-state index contributed by atoms with van der Waals surface area (Å²) in [6, 6.07) is 11.4. The van der Waals surface area contributed by atoms with Gasteiger partial charge in [-0.2, -0.15) is 0 Å². The molecular weight excluding hydrogens is 252 g/mol. The van der Waals surface area contributed by atoms with Crippen LogP contribution in [0.3, 0.4) is 0 Å². The third-order valence-corrected chi connectivity index (χ3v) is 3.21. The van der Waals surface area contributed by atoms with E-state index in [4.69, 9.17) is 4.42 Å². The number of rotatable bonds is 4. The monoisotopic (exact) mass is 266 g/mol. The summed E-state index contributed by atoms with van der Waals surface area (Å²) in [6.45, 7) is 2.08. The van der Waals surface area contributed by atoms with Gasteiger partial charge in [-0.25, -0.2) is 4.98 Å². The zero-order chi connectivity index (χ0) is 13.9. The number of imidazole rings is 1. The second-order valence-corrected chi connectivity index (χ2v) is 4.43. The van der Waals surface area contributed by atoms with E-state index >= 15 is 0 Å². The fourth-order valence-electron chi connectivity index (χ4n) is 2.19. The second-order valence-electron chi connectivity index (χ2n) is 4.43. The van der Waals surface area contributed by atoms with Crippen molar-refractivity contribution in [3.05, 3.63) is 60.4 Å². The van der Waals surface area contributed by atoms with Crippen LogP contribution in [-0.4, -0.2) is 15.8 Å². The second kappa shape index (κ2) is 5.17. The minimum atomic E-state index is 0.340. The van der Waals surface area contributed by atoms with E-state index in [1.54, 1.807) is 18.3 Å². The van der Waals surface area contributed by atoms with Gasteiger partial charge in [-0.1, -0.05) is 6.92 Å². The number of carbonyl (C=O) groups is 1. The van der Waals surface area contributed by atoms with E-state index < -0.39 is 0 Å². The molecule has 0 aliphatic heterocycles. The van der Waals surface area contributed by atoms with Crippen LogP contribution >= 0.6 is 0 Å². The summed E-state index contributed by atoms with van der Waals surface area (Å²) in [6.07, 6.45) is 5.34. The Morgan fingerprint density at radius 3 is 2.65 bits per heavy atom. The third-order valence-electron chi connectivity index (χ3n) is 3.21. The van der Waals surface area contributed by atoms with Gasteiger partial charge in [0.1, 0.15) is 11.6 Å². The average Bonchev–Trinajstić information content (AvgIpc) is 3.16. The molecule has 4 nitrogen and oxygen atoms in total. The molecule has 0 bridgehead atoms. The van der Waals surface area contributed by atoms with E-state index in [0.29, 0.717) is 17.8 Å². The summed E-state index contributed by atoms with van der Waals surface area (Å²) in [7, 11) is 0. The highest BCUT2D eigenvalue weighted by atomic mass is 16.3. The predicted octanol–water partition coefficient (Wildman–Crippen LogP) is 3.51. The number of aromatic nitrogens is 2. The molecule has 0 unspecified atom stereocenters. The summed E-state index contributed by atoms with van der Waals surface area (Å²) >= 11 is 0. The normalized spacial score (nSPS) is 10.7. The molecule has 2 aromatic heterocycles. The van der Waals surface area contributed by atoms with Crippen molar-refractivity contribution in [3.8, 4) is 17.0 Å². The standard InChI is InChI=1S/C16H14N2O2/c1-2-16-17-9-10-18(16)13-5-3-12(4-6-13)15-8-7-14(11-19)20-15/h3-11H,2H2,1H3. The lowest BCUT2D eigenvalue weighted by Crippen LogP contribution is -1.98. The smallest absolute Gasteiger partial charge is 0.185 e. The van der Waals surface area contributed by atoms with E-state index in [1.807, 2.05) is 30.5 Å². The number of aryl methyl sites for hydroxylation is 1. The third kappa shape index (κ3) is 2.16. The van der Waals surface area contributed by atoms with Crippen molar-refractivity contribution in [2.24, 2.45) is 0 Å². The molecule has 2 heterocycles. The summed E-state index contributed by atoms with van der Waals surface area (Å²) in [4.78, 5) is 14.9. The Bertz CT molecular complexity index is 723. The first kappa shape index (κ1) is 12.4. The van der Waals surface area contributed by atoms with Crippen molar-refractivity contribution >= 4 is 6.29 Å². The Hall–Kier alpha value is -2.62. The molecule has 3 rings (SSSR count). The minimum Gasteiger partial charge on any atom is -0.453 e. The van der Waals surface area contributed by atoms with E-state index in [-0.39, 0.29) is 0 Å². The van der Waals surface area contributed by atoms with Gasteiger partial charge in [0.05, 0.1) is 0 Å². The number of furan rings is 1. The van der Waals surface area contributed by atoms with Crippen molar-refractivity contribution in [2.75, 3.05) is 0 Å². The van der Waals surface area contributed by atoms with Crippen molar-refractivity contribution < 1.29 is 9.21 Å². The number of hydrogen-bond donors (Lipinski definition) is 0. The predicted molar refractivity (Wildman–Crippen MR) is 76.0 cm³/mol. The number of hydrogen-bond acceptors (Lipinski definition) is 3. The van der Waals surface area contributed by atoms with Gasteiger partial charge in [0.15, 0.2) is 12.0 Å². The Labute approximate surface area is 116 Å². The molecule has 0 amide bonds. The lowest BCUT2D eigenvalue weighted by Gasteiger charge is -2.07. The Kier molecular flexibility index (Phi) is 3.21. The van der Waals surface area contributed by atoms with Gasteiger partial charge >= 0.3 is 0 Å². The topological polar surface area (TPSA) is 48.0 Å². The van der Waals surface area contributed by atoms with Crippen LogP contribution in [0, 0.1) is 0 Å². The maximum atomic E-state index is 10.6. The maximum Gasteiger partial charge on any atom is 0.185 e. The van der Waals surface area contributed by atoms with Gasteiger partial charge < -0.3 is 8.98 Å². The van der Waals surface area contributed by atoms with Crippen LogP contribution in [0.2, 0.25) is 0 Å². The molecule has 0 N–H and O–H groups in total. The van der Waals surface area contributed by atoms with Gasteiger partial charge in [-0.15, -0.1) is 0 Å². The molecule has 0 aliphatic rings. The zero-order valence-electron chi connectivity index (χ0n) is 11.1. The number of aldehydes is 1. The van der Waals surface area contributed by atoms with E-state index in [0.717, 1.165) is 23.5 Å². The average molecular weight is 266 g/mol. The molecule has 0 aliphatic carbocycles. The molecule has 0 fully saturated rings. The van der Waals surface area contributed by atoms with Crippen LogP contribution in [0.5, 0.6) is 0 Å². The molecule has 20 heavy (non-hydrogen) atoms. The lowest BCUT2D eigenvalue weighted by molar-refractivity contribution is 0.110. The first-order valence-corrected chi connectivity index (χ1v) is 6.50. The molecule has 3 aromatic rings. The van der Waals surface area contributed by atoms with Crippen LogP contribution in [0.1, 0.15) is 23.3 Å². The minimum absolute atomic E-state index is 0.340. The molecule has 1 aromatic carbocycles. The molecule has 0 saturated heterocycles. The molecule has 0 saturated carbocycles. The fourth-order valence-corrected chi connectivity index (χ4v) is 2.19. The van der Waals surface area contributed by atoms with E-state index in [9.17, 15) is 4.79 Å². The number of benzene rings is 1. The molecular formula is C16H14N2O2. The first-order valence-electron chi connectivity index (χ1n) is 6.50. The molecule has 0 radical (unpaired) electrons. The van der Waals surface area contributed by atoms with Gasteiger partial charge in [0, 0.05) is 30.1 Å². The highest BCUT2D eigenvalue weighted by Crippen LogP contribution is 2.23. The zero-order valence-corrected chi connectivity index (χ0v) is 11.1. The van der Waals surface area contributed by atoms with Gasteiger partial charge in [0.25, 0.3) is 0 Å². The SMILES string of the molecule is CCc1nccn1-c1ccc(-c2ccc(C=O)o2)cc1. The van der Waals surface area contributed by atoms with E-state index in [2.05, 4.69) is 16.5 Å². The maximum absolute atomic E-state index is 10.6. The molecule has 0 spiro atoms. The fraction of sp³-hybridized carbons (Fsp3) is 0.125. The van der Waals surface area contributed by atoms with Crippen LogP contribution < -0.4 is 0 Å². The van der Waals surface area contributed by atoms with Crippen LogP contribution in [0.15, 0.2) is 53.2 Å². The summed E-state index contributed by atoms with van der Waals surface area (Å²) in [5.74, 6) is 2.06. The Morgan fingerprint density at radius 1 is 1.20 bits per heavy atom. The van der Waals surface area contributed by atoms with Crippen molar-refractivity contribution in [3.63, 3.8) is 0 Å². The highest BCUT2D eigenvalue weighted by molar-refractivity contribution is 5.72. The Morgan fingerprint density at radius 2 is 2.00 bits per heavy atom. The first-order chi connectivity index (χ1) is 9.81. The molecule has 100 valence electrons. The van der Waals surface area contributed by atoms with Crippen molar-refractivity contribution in [1.29, 1.82) is 0 Å². The van der Waals surface area contributed by atoms with Crippen LogP contribution in [0.4, 0.5) is 0 Å². The number of nitrogens with zero attached hydrogens (tertiary/aromatic N) is 2. The number of carbonyl (C=O) groups excluding carboxylic acids is 1. The summed E-state index contributed by atoms with van der Waals surface area (Å²) in [5, 5.41) is 0. The van der Waals surface area contributed by atoms with Crippen LogP contribution in [0.25, 0.3) is 17.0 Å². The highest BCUT2D eigenvalue weighted by Gasteiger charge is 2.06. The quantitative estimate of drug-likeness (QED) is 0.679. The largest absolute Gasteiger partial charge is 0.453 e. The van der Waals surface area contributed by atoms with E-state index in [1.165, 1.54) is 0 Å². The van der Waals surface area contributed by atoms with Gasteiger partial charge in [-0.3, -0.25) is 4.79 Å². The van der Waals surface area contributed by atoms with Crippen molar-refractivity contribution in [2.45, 2.75) is 13.3 Å². The summed E-state index contributed by atoms with van der Waals surface area (Å²) in [5.41, 5.74) is 2.00. The molecule has 0 atom stereocenters.